The Labute approximate surface area is 86.6 Å². The Hall–Kier alpha value is -1.16. The summed E-state index contributed by atoms with van der Waals surface area (Å²) in [5.74, 6) is 1.69. The maximum Gasteiger partial charge on any atom is 0.165 e. The molecule has 0 saturated heterocycles. The number of benzene rings is 1. The predicted molar refractivity (Wildman–Crippen MR) is 57.1 cm³/mol. The summed E-state index contributed by atoms with van der Waals surface area (Å²) in [6.45, 7) is 0. The Morgan fingerprint density at radius 2 is 2.29 bits per heavy atom. The summed E-state index contributed by atoms with van der Waals surface area (Å²) >= 11 is 1.65. The van der Waals surface area contributed by atoms with Gasteiger partial charge in [0.2, 0.25) is 0 Å². The number of methoxy groups -OCH3 is 1. The SMILES string of the molecule is COc1cc(N)cc2c1SCCC2=O. The molecule has 1 aromatic rings. The lowest BCUT2D eigenvalue weighted by atomic mass is 10.1. The first-order chi connectivity index (χ1) is 6.72. The lowest BCUT2D eigenvalue weighted by Gasteiger charge is -2.17. The van der Waals surface area contributed by atoms with Crippen molar-refractivity contribution < 1.29 is 9.53 Å². The Kier molecular flexibility index (Phi) is 2.37. The van der Waals surface area contributed by atoms with Gasteiger partial charge in [-0.3, -0.25) is 4.79 Å². The standard InChI is InChI=1S/C10H11NO2S/c1-13-9-5-6(11)4-7-8(12)2-3-14-10(7)9/h4-5H,2-3,11H2,1H3. The summed E-state index contributed by atoms with van der Waals surface area (Å²) < 4.78 is 5.19. The average Bonchev–Trinajstić information content (AvgIpc) is 2.18. The molecule has 0 amide bonds. The number of ketones is 1. The molecule has 1 heterocycles. The van der Waals surface area contributed by atoms with Crippen LogP contribution in [-0.4, -0.2) is 18.6 Å². The predicted octanol–water partition coefficient (Wildman–Crippen LogP) is 1.96. The summed E-state index contributed by atoms with van der Waals surface area (Å²) in [4.78, 5) is 12.5. The zero-order valence-corrected chi connectivity index (χ0v) is 8.69. The molecule has 4 heteroatoms. The average molecular weight is 209 g/mol. The van der Waals surface area contributed by atoms with Gasteiger partial charge in [-0.25, -0.2) is 0 Å². The van der Waals surface area contributed by atoms with Crippen LogP contribution in [0.4, 0.5) is 5.69 Å². The fraction of sp³-hybridized carbons (Fsp3) is 0.300. The van der Waals surface area contributed by atoms with E-state index in [1.165, 1.54) is 0 Å². The number of carbonyl (C=O) groups is 1. The van der Waals surface area contributed by atoms with Crippen LogP contribution in [0.15, 0.2) is 17.0 Å². The molecule has 0 aromatic heterocycles. The van der Waals surface area contributed by atoms with E-state index in [9.17, 15) is 4.79 Å². The summed E-state index contributed by atoms with van der Waals surface area (Å²) in [7, 11) is 1.59. The quantitative estimate of drug-likeness (QED) is 0.718. The minimum Gasteiger partial charge on any atom is -0.495 e. The molecule has 0 aliphatic carbocycles. The molecular formula is C10H11NO2S. The monoisotopic (exact) mass is 209 g/mol. The van der Waals surface area contributed by atoms with Gasteiger partial charge in [-0.1, -0.05) is 0 Å². The number of ether oxygens (including phenoxy) is 1. The van der Waals surface area contributed by atoms with Crippen LogP contribution in [0.1, 0.15) is 16.8 Å². The van der Waals surface area contributed by atoms with Crippen molar-refractivity contribution >= 4 is 23.2 Å². The van der Waals surface area contributed by atoms with Crippen LogP contribution in [0.2, 0.25) is 0 Å². The van der Waals surface area contributed by atoms with Gasteiger partial charge in [0, 0.05) is 29.5 Å². The molecule has 0 radical (unpaired) electrons. The van der Waals surface area contributed by atoms with E-state index in [0.717, 1.165) is 10.6 Å². The number of Topliss-reactive ketones (excluding diaryl/α,β-unsaturated/α-hetero) is 1. The van der Waals surface area contributed by atoms with Crippen LogP contribution in [0, 0.1) is 0 Å². The normalized spacial score (nSPS) is 15.1. The number of nitrogens with two attached hydrogens (primary N) is 1. The fourth-order valence-electron chi connectivity index (χ4n) is 1.51. The van der Waals surface area contributed by atoms with Crippen LogP contribution < -0.4 is 10.5 Å². The maximum absolute atomic E-state index is 11.6. The van der Waals surface area contributed by atoms with Crippen molar-refractivity contribution in [2.75, 3.05) is 18.6 Å². The van der Waals surface area contributed by atoms with Crippen LogP contribution in [0.25, 0.3) is 0 Å². The van der Waals surface area contributed by atoms with E-state index in [-0.39, 0.29) is 5.78 Å². The molecule has 2 N–H and O–H groups in total. The van der Waals surface area contributed by atoms with Crippen molar-refractivity contribution in [2.24, 2.45) is 0 Å². The highest BCUT2D eigenvalue weighted by Crippen LogP contribution is 2.38. The Morgan fingerprint density at radius 1 is 1.50 bits per heavy atom. The molecule has 14 heavy (non-hydrogen) atoms. The second-order valence-corrected chi connectivity index (χ2v) is 4.23. The molecule has 0 bridgehead atoms. The van der Waals surface area contributed by atoms with Crippen LogP contribution >= 0.6 is 11.8 Å². The van der Waals surface area contributed by atoms with Gasteiger partial charge in [-0.05, 0) is 6.07 Å². The van der Waals surface area contributed by atoms with Crippen LogP contribution in [0.3, 0.4) is 0 Å². The summed E-state index contributed by atoms with van der Waals surface area (Å²) in [6, 6.07) is 3.48. The molecule has 3 nitrogen and oxygen atoms in total. The maximum atomic E-state index is 11.6. The third-order valence-electron chi connectivity index (χ3n) is 2.17. The topological polar surface area (TPSA) is 52.3 Å². The molecule has 0 atom stereocenters. The largest absolute Gasteiger partial charge is 0.495 e. The van der Waals surface area contributed by atoms with E-state index >= 15 is 0 Å². The zero-order valence-electron chi connectivity index (χ0n) is 7.87. The first-order valence-corrected chi connectivity index (χ1v) is 5.34. The lowest BCUT2D eigenvalue weighted by Crippen LogP contribution is -2.10. The van der Waals surface area contributed by atoms with E-state index in [1.807, 2.05) is 0 Å². The van der Waals surface area contributed by atoms with Crippen molar-refractivity contribution in [3.63, 3.8) is 0 Å². The molecule has 0 unspecified atom stereocenters. The van der Waals surface area contributed by atoms with Crippen LogP contribution in [0.5, 0.6) is 5.75 Å². The van der Waals surface area contributed by atoms with Crippen LogP contribution in [-0.2, 0) is 0 Å². The third kappa shape index (κ3) is 1.46. The van der Waals surface area contributed by atoms with Gasteiger partial charge in [-0.2, -0.15) is 0 Å². The van der Waals surface area contributed by atoms with E-state index in [0.29, 0.717) is 23.4 Å². The zero-order chi connectivity index (χ0) is 10.1. The lowest BCUT2D eigenvalue weighted by molar-refractivity contribution is 0.0984. The molecule has 1 aliphatic rings. The molecule has 74 valence electrons. The van der Waals surface area contributed by atoms with Crippen molar-refractivity contribution in [3.05, 3.63) is 17.7 Å². The van der Waals surface area contributed by atoms with Gasteiger partial charge in [0.25, 0.3) is 0 Å². The number of anilines is 1. The van der Waals surface area contributed by atoms with Gasteiger partial charge >= 0.3 is 0 Å². The molecule has 0 spiro atoms. The van der Waals surface area contributed by atoms with Gasteiger partial charge in [0.1, 0.15) is 5.75 Å². The van der Waals surface area contributed by atoms with Gasteiger partial charge in [-0.15, -0.1) is 11.8 Å². The highest BCUT2D eigenvalue weighted by atomic mass is 32.2. The first kappa shape index (κ1) is 9.40. The highest BCUT2D eigenvalue weighted by molar-refractivity contribution is 7.99. The smallest absolute Gasteiger partial charge is 0.165 e. The van der Waals surface area contributed by atoms with Gasteiger partial charge in [0.15, 0.2) is 5.78 Å². The Balaban J connectivity index is 2.60. The molecule has 1 aliphatic heterocycles. The van der Waals surface area contributed by atoms with Gasteiger partial charge in [0.05, 0.1) is 12.0 Å². The van der Waals surface area contributed by atoms with Crippen molar-refractivity contribution in [2.45, 2.75) is 11.3 Å². The van der Waals surface area contributed by atoms with E-state index in [2.05, 4.69) is 0 Å². The summed E-state index contributed by atoms with van der Waals surface area (Å²) in [5, 5.41) is 0. The third-order valence-corrected chi connectivity index (χ3v) is 3.29. The van der Waals surface area contributed by atoms with E-state index in [4.69, 9.17) is 10.5 Å². The summed E-state index contributed by atoms with van der Waals surface area (Å²) in [6.07, 6.45) is 0.588. The van der Waals surface area contributed by atoms with Crippen molar-refractivity contribution in [1.29, 1.82) is 0 Å². The first-order valence-electron chi connectivity index (χ1n) is 4.36. The Bertz CT molecular complexity index is 390. The minimum absolute atomic E-state index is 0.157. The molecule has 0 saturated carbocycles. The molecule has 1 aromatic carbocycles. The molecular weight excluding hydrogens is 198 g/mol. The number of nitrogen functional groups attached to an aromatic ring is 1. The molecule has 2 rings (SSSR count). The molecule has 0 fully saturated rings. The number of rotatable bonds is 1. The number of carbonyl (C=O) groups excluding carboxylic acids is 1. The van der Waals surface area contributed by atoms with Crippen molar-refractivity contribution in [3.8, 4) is 5.75 Å². The highest BCUT2D eigenvalue weighted by Gasteiger charge is 2.21. The number of fused-ring (bicyclic) bond motifs is 1. The van der Waals surface area contributed by atoms with E-state index < -0.39 is 0 Å². The van der Waals surface area contributed by atoms with Crippen molar-refractivity contribution in [1.82, 2.24) is 0 Å². The summed E-state index contributed by atoms with van der Waals surface area (Å²) in [5.41, 5.74) is 6.97. The Morgan fingerprint density at radius 3 is 3.00 bits per heavy atom. The number of hydrogen-bond donors (Lipinski definition) is 1. The second kappa shape index (κ2) is 3.53. The van der Waals surface area contributed by atoms with E-state index in [1.54, 1.807) is 31.0 Å². The number of thioether (sulfide) groups is 1. The second-order valence-electron chi connectivity index (χ2n) is 3.12. The number of hydrogen-bond acceptors (Lipinski definition) is 4. The fourth-order valence-corrected chi connectivity index (χ4v) is 2.62. The minimum atomic E-state index is 0.157. The van der Waals surface area contributed by atoms with Gasteiger partial charge < -0.3 is 10.5 Å².